The predicted octanol–water partition coefficient (Wildman–Crippen LogP) is 6.03. The molecule has 0 atom stereocenters. The number of carbonyl (C=O) groups is 1. The summed E-state index contributed by atoms with van der Waals surface area (Å²) < 4.78 is 15.9. The molecule has 0 saturated carbocycles. The van der Waals surface area contributed by atoms with E-state index in [9.17, 15) is 4.79 Å². The van der Waals surface area contributed by atoms with E-state index in [0.29, 0.717) is 28.5 Å². The molecular weight excluding hydrogens is 406 g/mol. The lowest BCUT2D eigenvalue weighted by Gasteiger charge is -2.14. The quantitative estimate of drug-likeness (QED) is 0.385. The van der Waals surface area contributed by atoms with Crippen molar-refractivity contribution in [2.24, 2.45) is 0 Å². The number of anilines is 1. The van der Waals surface area contributed by atoms with Gasteiger partial charge in [-0.2, -0.15) is 0 Å². The van der Waals surface area contributed by atoms with Crippen LogP contribution in [-0.4, -0.2) is 37.2 Å². The van der Waals surface area contributed by atoms with E-state index in [1.54, 1.807) is 12.1 Å². The zero-order chi connectivity index (χ0) is 23.1. The van der Waals surface area contributed by atoms with Crippen molar-refractivity contribution in [3.05, 3.63) is 66.2 Å². The Kier molecular flexibility index (Phi) is 7.33. The van der Waals surface area contributed by atoms with Gasteiger partial charge in [-0.15, -0.1) is 0 Å². The lowest BCUT2D eigenvalue weighted by molar-refractivity contribution is 0.102. The number of aromatic amines is 1. The number of hydrogen-bond acceptors (Lipinski definition) is 5. The molecule has 0 fully saturated rings. The Morgan fingerprint density at radius 3 is 2.09 bits per heavy atom. The lowest BCUT2D eigenvalue weighted by Crippen LogP contribution is -2.12. The van der Waals surface area contributed by atoms with Crippen molar-refractivity contribution in [3.63, 3.8) is 0 Å². The van der Waals surface area contributed by atoms with Gasteiger partial charge in [0.15, 0.2) is 11.5 Å². The number of hydrogen-bond donors (Lipinski definition) is 2. The van der Waals surface area contributed by atoms with E-state index < -0.39 is 0 Å². The summed E-state index contributed by atoms with van der Waals surface area (Å²) in [4.78, 5) is 20.6. The number of nitrogens with one attached hydrogen (secondary N) is 2. The summed E-state index contributed by atoms with van der Waals surface area (Å²) in [5.41, 5.74) is 3.87. The second-order valence-corrected chi connectivity index (χ2v) is 6.55. The number of imidazole rings is 1. The molecule has 1 amide bonds. The number of methoxy groups -OCH3 is 3. The molecule has 0 bridgehead atoms. The number of aromatic nitrogens is 2. The smallest absolute Gasteiger partial charge is 0.255 e. The van der Waals surface area contributed by atoms with Crippen LogP contribution in [0, 0.1) is 0 Å². The molecule has 7 nitrogen and oxygen atoms in total. The van der Waals surface area contributed by atoms with E-state index >= 15 is 0 Å². The van der Waals surface area contributed by atoms with Gasteiger partial charge in [0.05, 0.1) is 32.4 Å². The molecule has 0 spiro atoms. The van der Waals surface area contributed by atoms with Crippen molar-refractivity contribution in [2.75, 3.05) is 26.6 Å². The predicted molar refractivity (Wildman–Crippen MR) is 131 cm³/mol. The first-order valence-electron chi connectivity index (χ1n) is 10.3. The van der Waals surface area contributed by atoms with Crippen molar-refractivity contribution < 1.29 is 21.9 Å². The number of fused-ring (bicyclic) bond motifs is 1. The highest BCUT2D eigenvalue weighted by Crippen LogP contribution is 2.38. The molecular formula is C25H31N3O4. The van der Waals surface area contributed by atoms with E-state index in [4.69, 9.17) is 14.2 Å². The van der Waals surface area contributed by atoms with Gasteiger partial charge in [0.25, 0.3) is 5.91 Å². The molecule has 0 aliphatic carbocycles. The fourth-order valence-electron chi connectivity index (χ4n) is 3.22. The maximum absolute atomic E-state index is 12.7. The molecule has 0 saturated heterocycles. The van der Waals surface area contributed by atoms with Gasteiger partial charge in [0.1, 0.15) is 5.82 Å². The van der Waals surface area contributed by atoms with Gasteiger partial charge < -0.3 is 24.5 Å². The van der Waals surface area contributed by atoms with Crippen LogP contribution in [0.2, 0.25) is 0 Å². The molecule has 2 N–H and O–H groups in total. The summed E-state index contributed by atoms with van der Waals surface area (Å²) in [5.74, 6) is 1.76. The molecule has 0 unspecified atom stereocenters. The number of para-hydroxylation sites is 2. The number of H-pyrrole nitrogens is 1. The molecule has 4 aromatic rings. The molecule has 1 heterocycles. The van der Waals surface area contributed by atoms with Gasteiger partial charge in [-0.25, -0.2) is 4.98 Å². The number of rotatable bonds is 6. The van der Waals surface area contributed by atoms with Gasteiger partial charge in [0, 0.05) is 19.7 Å². The molecule has 170 valence electrons. The van der Waals surface area contributed by atoms with E-state index in [0.717, 1.165) is 22.4 Å². The molecule has 0 radical (unpaired) electrons. The van der Waals surface area contributed by atoms with Crippen LogP contribution in [-0.2, 0) is 0 Å². The number of nitrogens with zero attached hydrogens (tertiary/aromatic N) is 1. The highest BCUT2D eigenvalue weighted by atomic mass is 16.5. The summed E-state index contributed by atoms with van der Waals surface area (Å²) in [6, 6.07) is 18.6. The van der Waals surface area contributed by atoms with Crippen LogP contribution in [0.25, 0.3) is 22.4 Å². The average molecular weight is 438 g/mol. The molecule has 1 aromatic heterocycles. The van der Waals surface area contributed by atoms with Gasteiger partial charge in [-0.3, -0.25) is 4.79 Å². The third-order valence-corrected chi connectivity index (χ3v) is 4.73. The van der Waals surface area contributed by atoms with Gasteiger partial charge in [-0.1, -0.05) is 26.0 Å². The second-order valence-electron chi connectivity index (χ2n) is 6.55. The van der Waals surface area contributed by atoms with Crippen LogP contribution < -0.4 is 19.5 Å². The summed E-state index contributed by atoms with van der Waals surface area (Å²) in [6.07, 6.45) is 0. The molecule has 0 aliphatic heterocycles. The molecule has 7 heteroatoms. The molecule has 3 aromatic carbocycles. The van der Waals surface area contributed by atoms with Crippen molar-refractivity contribution in [1.29, 1.82) is 0 Å². The first-order valence-corrected chi connectivity index (χ1v) is 10.3. The van der Waals surface area contributed by atoms with Crippen molar-refractivity contribution in [3.8, 4) is 28.6 Å². The van der Waals surface area contributed by atoms with Gasteiger partial charge in [0.2, 0.25) is 5.75 Å². The van der Waals surface area contributed by atoms with Gasteiger partial charge >= 0.3 is 0 Å². The SMILES string of the molecule is CC.COc1cc(C(=O)Nc2ccc(-c3nc4ccccc4[nH]3)cc2)cc(OC)c1OC.[HH].[HH]. The third-order valence-electron chi connectivity index (χ3n) is 4.73. The van der Waals surface area contributed by atoms with Crippen molar-refractivity contribution in [2.45, 2.75) is 13.8 Å². The monoisotopic (exact) mass is 437 g/mol. The van der Waals surface area contributed by atoms with Gasteiger partial charge in [-0.05, 0) is 48.5 Å². The van der Waals surface area contributed by atoms with Crippen LogP contribution in [0.15, 0.2) is 60.7 Å². The first kappa shape index (κ1) is 22.7. The van der Waals surface area contributed by atoms with Crippen molar-refractivity contribution in [1.82, 2.24) is 9.97 Å². The minimum Gasteiger partial charge on any atom is -0.493 e. The number of amides is 1. The van der Waals surface area contributed by atoms with Crippen LogP contribution in [0.4, 0.5) is 5.69 Å². The Labute approximate surface area is 190 Å². The second kappa shape index (κ2) is 10.3. The Balaban J connectivity index is 0.00000141. The van der Waals surface area contributed by atoms with Crippen LogP contribution in [0.3, 0.4) is 0 Å². The number of ether oxygens (including phenoxy) is 3. The number of benzene rings is 3. The minimum absolute atomic E-state index is 0. The highest BCUT2D eigenvalue weighted by Gasteiger charge is 2.17. The fourth-order valence-corrected chi connectivity index (χ4v) is 3.22. The first-order chi connectivity index (χ1) is 15.6. The third kappa shape index (κ3) is 4.67. The fraction of sp³-hybridized carbons (Fsp3) is 0.200. The summed E-state index contributed by atoms with van der Waals surface area (Å²) in [7, 11) is 4.54. The zero-order valence-electron chi connectivity index (χ0n) is 18.9. The topological polar surface area (TPSA) is 85.5 Å². The Bertz CT molecular complexity index is 1150. The largest absolute Gasteiger partial charge is 0.493 e. The Hall–Kier alpha value is -4.00. The molecule has 4 rings (SSSR count). The van der Waals surface area contributed by atoms with Crippen LogP contribution in [0.1, 0.15) is 27.1 Å². The van der Waals surface area contributed by atoms with E-state index in [1.807, 2.05) is 62.4 Å². The van der Waals surface area contributed by atoms with Crippen LogP contribution >= 0.6 is 0 Å². The van der Waals surface area contributed by atoms with E-state index in [2.05, 4.69) is 15.3 Å². The molecule has 32 heavy (non-hydrogen) atoms. The standard InChI is InChI=1S/C23H21N3O4.C2H6.2H2/c1-28-19-12-15(13-20(29-2)21(19)30-3)23(27)24-16-10-8-14(9-11-16)22-25-17-6-4-5-7-18(17)26-22;1-2;;/h4-13H,1-3H3,(H,24,27)(H,25,26);1-2H3;2*1H. The summed E-state index contributed by atoms with van der Waals surface area (Å²) in [6.45, 7) is 4.00. The normalized spacial score (nSPS) is 10.2. The maximum Gasteiger partial charge on any atom is 0.255 e. The summed E-state index contributed by atoms with van der Waals surface area (Å²) in [5, 5.41) is 2.88. The zero-order valence-corrected chi connectivity index (χ0v) is 18.9. The molecule has 0 aliphatic rings. The highest BCUT2D eigenvalue weighted by molar-refractivity contribution is 6.05. The average Bonchev–Trinajstić information content (AvgIpc) is 3.29. The van der Waals surface area contributed by atoms with E-state index in [1.165, 1.54) is 21.3 Å². The number of carbonyl (C=O) groups excluding carboxylic acids is 1. The lowest BCUT2D eigenvalue weighted by atomic mass is 10.1. The van der Waals surface area contributed by atoms with Crippen LogP contribution in [0.5, 0.6) is 17.2 Å². The van der Waals surface area contributed by atoms with E-state index in [-0.39, 0.29) is 8.76 Å². The Morgan fingerprint density at radius 2 is 1.53 bits per heavy atom. The Morgan fingerprint density at radius 1 is 0.906 bits per heavy atom. The van der Waals surface area contributed by atoms with Crippen molar-refractivity contribution >= 4 is 22.6 Å². The summed E-state index contributed by atoms with van der Waals surface area (Å²) >= 11 is 0. The minimum atomic E-state index is -0.286. The maximum atomic E-state index is 12.7.